The van der Waals surface area contributed by atoms with Gasteiger partial charge < -0.3 is 9.47 Å². The van der Waals surface area contributed by atoms with Crippen molar-refractivity contribution in [2.45, 2.75) is 12.4 Å². The maximum Gasteiger partial charge on any atom is 0.416 e. The number of aromatic nitrogens is 2. The average Bonchev–Trinajstić information content (AvgIpc) is 3.60. The first kappa shape index (κ1) is 29.3. The second-order valence-corrected chi connectivity index (χ2v) is 10.9. The normalized spacial score (nSPS) is 11.8. The Morgan fingerprint density at radius 2 is 0.881 bits per heavy atom. The van der Waals surface area contributed by atoms with Crippen molar-refractivity contribution in [3.8, 4) is 32.6 Å². The Labute approximate surface area is 243 Å². The molecule has 4 nitrogen and oxygen atoms in total. The van der Waals surface area contributed by atoms with E-state index in [1.54, 1.807) is 38.5 Å². The highest BCUT2D eigenvalue weighted by Crippen LogP contribution is 2.37. The maximum absolute atomic E-state index is 12.7. The summed E-state index contributed by atoms with van der Waals surface area (Å²) in [5, 5.41) is 1.37. The van der Waals surface area contributed by atoms with E-state index in [-0.39, 0.29) is 0 Å². The molecule has 42 heavy (non-hydrogen) atoms. The summed E-state index contributed by atoms with van der Waals surface area (Å²) >= 11 is 2.73. The zero-order chi connectivity index (χ0) is 30.1. The van der Waals surface area contributed by atoms with Crippen LogP contribution in [0.5, 0.6) is 11.5 Å². The van der Waals surface area contributed by atoms with Crippen molar-refractivity contribution in [1.29, 1.82) is 0 Å². The van der Waals surface area contributed by atoms with Crippen LogP contribution in [-0.2, 0) is 12.4 Å². The Kier molecular flexibility index (Phi) is 8.11. The number of nitrogens with zero attached hydrogens (tertiary/aromatic N) is 2. The van der Waals surface area contributed by atoms with Gasteiger partial charge in [-0.2, -0.15) is 26.3 Å². The molecule has 0 saturated carbocycles. The van der Waals surface area contributed by atoms with Crippen LogP contribution in [0.2, 0.25) is 0 Å². The molecule has 0 radical (unpaired) electrons. The molecule has 216 valence electrons. The number of halogens is 6. The second kappa shape index (κ2) is 11.6. The molecule has 2 heterocycles. The predicted octanol–water partition coefficient (Wildman–Crippen LogP) is 9.98. The lowest BCUT2D eigenvalue weighted by Crippen LogP contribution is -2.03. The highest BCUT2D eigenvalue weighted by atomic mass is 32.1. The minimum absolute atomic E-state index is 0.362. The molecule has 0 saturated heterocycles. The first-order chi connectivity index (χ1) is 19.9. The molecule has 6 aromatic rings. The number of ether oxygens (including phenoxy) is 2. The fourth-order valence-corrected chi connectivity index (χ4v) is 5.82. The van der Waals surface area contributed by atoms with Crippen molar-refractivity contribution in [3.05, 3.63) is 96.1 Å². The molecule has 0 spiro atoms. The summed E-state index contributed by atoms with van der Waals surface area (Å²) in [5.41, 5.74) is 1.07. The third-order valence-corrected chi connectivity index (χ3v) is 8.27. The van der Waals surface area contributed by atoms with Crippen molar-refractivity contribution in [1.82, 2.24) is 9.97 Å². The number of hydrogen-bond donors (Lipinski definition) is 0. The molecular formula is C30H20F6N2O2S2. The van der Waals surface area contributed by atoms with Crippen LogP contribution >= 0.6 is 22.7 Å². The van der Waals surface area contributed by atoms with Crippen LogP contribution in [0.25, 0.3) is 41.6 Å². The minimum Gasteiger partial charge on any atom is -0.497 e. The number of alkyl halides is 6. The van der Waals surface area contributed by atoms with Crippen LogP contribution in [0, 0.1) is 0 Å². The zero-order valence-corrected chi connectivity index (χ0v) is 23.5. The van der Waals surface area contributed by atoms with Crippen molar-refractivity contribution in [3.63, 3.8) is 0 Å². The second-order valence-electron chi connectivity index (χ2n) is 8.86. The lowest BCUT2D eigenvalue weighted by atomic mass is 10.2. The van der Waals surface area contributed by atoms with Crippen molar-refractivity contribution in [2.75, 3.05) is 14.2 Å². The van der Waals surface area contributed by atoms with E-state index in [0.29, 0.717) is 21.0 Å². The van der Waals surface area contributed by atoms with E-state index in [2.05, 4.69) is 9.97 Å². The molecule has 4 aromatic carbocycles. The van der Waals surface area contributed by atoms with Gasteiger partial charge in [0.1, 0.15) is 21.5 Å². The van der Waals surface area contributed by atoms with Crippen LogP contribution in [0.1, 0.15) is 11.1 Å². The van der Waals surface area contributed by atoms with E-state index in [9.17, 15) is 26.3 Å². The molecule has 0 fully saturated rings. The molecule has 12 heteroatoms. The van der Waals surface area contributed by atoms with E-state index < -0.39 is 23.5 Å². The molecule has 0 aliphatic rings. The maximum atomic E-state index is 12.7. The minimum atomic E-state index is -4.35. The topological polar surface area (TPSA) is 44.2 Å². The lowest BCUT2D eigenvalue weighted by molar-refractivity contribution is -0.138. The molecule has 0 unspecified atom stereocenters. The lowest BCUT2D eigenvalue weighted by Gasteiger charge is -2.04. The fraction of sp³-hybridized carbons (Fsp3) is 0.133. The Morgan fingerprint density at radius 1 is 0.524 bits per heavy atom. The summed E-state index contributed by atoms with van der Waals surface area (Å²) in [4.78, 5) is 8.58. The van der Waals surface area contributed by atoms with Crippen LogP contribution in [-0.4, -0.2) is 24.2 Å². The van der Waals surface area contributed by atoms with Crippen LogP contribution in [0.3, 0.4) is 0 Å². The van der Waals surface area contributed by atoms with Gasteiger partial charge in [-0.3, -0.25) is 0 Å². The average molecular weight is 619 g/mol. The summed E-state index contributed by atoms with van der Waals surface area (Å²) in [5.74, 6) is 1.44. The standard InChI is InChI=1S/2C15H10F3NOS/c2*1-20-11-5-2-9(3-6-11)14-19-12-8-10(15(16,17)18)4-7-13(12)21-14/h2*2-8H,1H3. The van der Waals surface area contributed by atoms with Crippen LogP contribution < -0.4 is 9.47 Å². The number of benzene rings is 4. The Balaban J connectivity index is 0.000000168. The molecule has 0 aliphatic heterocycles. The molecule has 6 rings (SSSR count). The quantitative estimate of drug-likeness (QED) is 0.185. The Morgan fingerprint density at radius 3 is 1.19 bits per heavy atom. The monoisotopic (exact) mass is 618 g/mol. The number of rotatable bonds is 4. The van der Waals surface area contributed by atoms with Gasteiger partial charge in [-0.05, 0) is 84.9 Å². The third-order valence-electron chi connectivity index (χ3n) is 6.10. The highest BCUT2D eigenvalue weighted by molar-refractivity contribution is 7.22. The number of thiazole rings is 2. The zero-order valence-electron chi connectivity index (χ0n) is 21.9. The fourth-order valence-electron chi connectivity index (χ4n) is 3.92. The van der Waals surface area contributed by atoms with Gasteiger partial charge in [0.2, 0.25) is 0 Å². The summed E-state index contributed by atoms with van der Waals surface area (Å²) in [7, 11) is 3.15. The Bertz CT molecular complexity index is 1690. The highest BCUT2D eigenvalue weighted by Gasteiger charge is 2.31. The molecule has 0 aliphatic carbocycles. The summed E-state index contributed by atoms with van der Waals surface area (Å²) in [6.07, 6.45) is -8.70. The molecule has 0 bridgehead atoms. The molecule has 0 amide bonds. The van der Waals surface area contributed by atoms with Gasteiger partial charge in [0.05, 0.1) is 45.8 Å². The van der Waals surface area contributed by atoms with Gasteiger partial charge in [-0.15, -0.1) is 22.7 Å². The number of fused-ring (bicyclic) bond motifs is 2. The van der Waals surface area contributed by atoms with Crippen molar-refractivity contribution < 1.29 is 35.8 Å². The van der Waals surface area contributed by atoms with E-state index in [1.165, 1.54) is 34.8 Å². The molecule has 0 atom stereocenters. The van der Waals surface area contributed by atoms with E-state index in [0.717, 1.165) is 56.3 Å². The number of methoxy groups -OCH3 is 2. The van der Waals surface area contributed by atoms with Gasteiger partial charge in [-0.1, -0.05) is 0 Å². The number of hydrogen-bond acceptors (Lipinski definition) is 6. The first-order valence-corrected chi connectivity index (χ1v) is 13.8. The van der Waals surface area contributed by atoms with Gasteiger partial charge in [-0.25, -0.2) is 9.97 Å². The van der Waals surface area contributed by atoms with Gasteiger partial charge in [0, 0.05) is 11.1 Å². The van der Waals surface area contributed by atoms with E-state index in [1.807, 2.05) is 24.3 Å². The largest absolute Gasteiger partial charge is 0.497 e. The van der Waals surface area contributed by atoms with Crippen LogP contribution in [0.15, 0.2) is 84.9 Å². The van der Waals surface area contributed by atoms with Crippen molar-refractivity contribution in [2.24, 2.45) is 0 Å². The summed E-state index contributed by atoms with van der Waals surface area (Å²) in [6.45, 7) is 0. The van der Waals surface area contributed by atoms with Gasteiger partial charge >= 0.3 is 12.4 Å². The van der Waals surface area contributed by atoms with E-state index in [4.69, 9.17) is 9.47 Å². The van der Waals surface area contributed by atoms with Gasteiger partial charge in [0.15, 0.2) is 0 Å². The summed E-state index contributed by atoms with van der Waals surface area (Å²) < 4.78 is 87.8. The van der Waals surface area contributed by atoms with E-state index >= 15 is 0 Å². The SMILES string of the molecule is COc1ccc(-c2nc3cc(C(F)(F)F)ccc3s2)cc1.COc1ccc(-c2nc3cc(C(F)(F)F)ccc3s2)cc1. The molecule has 2 aromatic heterocycles. The van der Waals surface area contributed by atoms with Crippen LogP contribution in [0.4, 0.5) is 26.3 Å². The summed E-state index contributed by atoms with van der Waals surface area (Å²) in [6, 6.07) is 21.8. The predicted molar refractivity (Wildman–Crippen MR) is 153 cm³/mol. The Hall–Kier alpha value is -4.16. The first-order valence-electron chi connectivity index (χ1n) is 12.2. The molecule has 0 N–H and O–H groups in total. The van der Waals surface area contributed by atoms with Crippen molar-refractivity contribution >= 4 is 43.1 Å². The molecular weight excluding hydrogens is 598 g/mol. The smallest absolute Gasteiger partial charge is 0.416 e. The third kappa shape index (κ3) is 6.50. The van der Waals surface area contributed by atoms with Gasteiger partial charge in [0.25, 0.3) is 0 Å².